The van der Waals surface area contributed by atoms with Gasteiger partial charge in [-0.15, -0.1) is 0 Å². The summed E-state index contributed by atoms with van der Waals surface area (Å²) in [4.78, 5) is 20.3. The molecule has 0 unspecified atom stereocenters. The molecule has 2 N–H and O–H groups in total. The van der Waals surface area contributed by atoms with Crippen LogP contribution >= 0.6 is 0 Å². The van der Waals surface area contributed by atoms with Gasteiger partial charge in [0.25, 0.3) is 11.9 Å². The monoisotopic (exact) mass is 472 g/mol. The first kappa shape index (κ1) is 22.3. The molecule has 9 nitrogen and oxygen atoms in total. The van der Waals surface area contributed by atoms with Gasteiger partial charge in [-0.3, -0.25) is 9.78 Å². The van der Waals surface area contributed by atoms with Gasteiger partial charge in [-0.05, 0) is 36.6 Å². The lowest BCUT2D eigenvalue weighted by atomic mass is 10.0. The van der Waals surface area contributed by atoms with Crippen molar-refractivity contribution in [1.29, 1.82) is 0 Å². The molecule has 0 radical (unpaired) electrons. The number of carbonyl (C=O) groups excluding carboxylic acids is 1. The number of hydrogen-bond acceptors (Lipinski definition) is 8. The summed E-state index contributed by atoms with van der Waals surface area (Å²) < 4.78 is 23.1. The van der Waals surface area contributed by atoms with Crippen LogP contribution in [0.1, 0.15) is 29.8 Å². The van der Waals surface area contributed by atoms with Gasteiger partial charge in [-0.25, -0.2) is 0 Å². The predicted molar refractivity (Wildman–Crippen MR) is 130 cm³/mol. The maximum Gasteiger partial charge on any atom is 0.295 e. The minimum atomic E-state index is -0.284. The van der Waals surface area contributed by atoms with Crippen LogP contribution < -0.4 is 15.4 Å². The lowest BCUT2D eigenvalue weighted by molar-refractivity contribution is 0.0958. The molecular weight excluding hydrogens is 448 g/mol. The zero-order valence-electron chi connectivity index (χ0n) is 19.1. The molecule has 0 saturated heterocycles. The summed E-state index contributed by atoms with van der Waals surface area (Å²) in [5.74, 6) is 2.23. The Balaban J connectivity index is 1.16. The van der Waals surface area contributed by atoms with Gasteiger partial charge in [0.1, 0.15) is 41.0 Å². The molecule has 3 heterocycles. The number of allylic oxidation sites excluding steroid dienone is 4. The van der Waals surface area contributed by atoms with Crippen LogP contribution in [0.2, 0.25) is 0 Å². The summed E-state index contributed by atoms with van der Waals surface area (Å²) >= 11 is 0. The minimum absolute atomic E-state index is 0.273. The minimum Gasteiger partial charge on any atom is -0.462 e. The Kier molecular flexibility index (Phi) is 6.47. The molecule has 1 aliphatic carbocycles. The van der Waals surface area contributed by atoms with E-state index in [9.17, 15) is 4.79 Å². The first-order chi connectivity index (χ1) is 17.2. The zero-order chi connectivity index (χ0) is 24.0. The predicted octanol–water partition coefficient (Wildman–Crippen LogP) is 5.18. The smallest absolute Gasteiger partial charge is 0.295 e. The number of nitrogens with one attached hydrogen (secondary N) is 2. The van der Waals surface area contributed by atoms with Crippen LogP contribution in [0.15, 0.2) is 88.8 Å². The van der Waals surface area contributed by atoms with E-state index in [4.69, 9.17) is 18.6 Å². The lowest BCUT2D eigenvalue weighted by Crippen LogP contribution is -2.18. The van der Waals surface area contributed by atoms with Crippen molar-refractivity contribution in [3.05, 3.63) is 90.1 Å². The average molecular weight is 473 g/mol. The Bertz CT molecular complexity index is 1370. The topological polar surface area (TPSA) is 108 Å². The molecule has 2 aromatic heterocycles. The SMILES string of the molecule is CNC(=O)c1cc(Oc2ccc3nc(NCCC4=COC(C5=CC=CCC5)=CO4)oc3c2)ccn1. The number of rotatable bonds is 8. The van der Waals surface area contributed by atoms with Crippen LogP contribution in [0.4, 0.5) is 6.01 Å². The second-order valence-corrected chi connectivity index (χ2v) is 7.84. The van der Waals surface area contributed by atoms with Crippen LogP contribution in [-0.4, -0.2) is 29.5 Å². The first-order valence-corrected chi connectivity index (χ1v) is 11.3. The van der Waals surface area contributed by atoms with Crippen molar-refractivity contribution in [2.45, 2.75) is 19.3 Å². The molecule has 178 valence electrons. The van der Waals surface area contributed by atoms with Crippen LogP contribution in [0, 0.1) is 0 Å². The molecule has 5 rings (SSSR count). The maximum absolute atomic E-state index is 11.8. The van der Waals surface area contributed by atoms with Crippen molar-refractivity contribution in [2.24, 2.45) is 0 Å². The highest BCUT2D eigenvalue weighted by Gasteiger charge is 2.14. The Hall–Kier alpha value is -4.53. The summed E-state index contributed by atoms with van der Waals surface area (Å²) in [5, 5.41) is 5.70. The maximum atomic E-state index is 11.8. The summed E-state index contributed by atoms with van der Waals surface area (Å²) in [6, 6.07) is 8.99. The van der Waals surface area contributed by atoms with E-state index in [1.807, 2.05) is 18.2 Å². The van der Waals surface area contributed by atoms with Crippen molar-refractivity contribution in [3.8, 4) is 11.5 Å². The van der Waals surface area contributed by atoms with E-state index in [2.05, 4.69) is 26.7 Å². The van der Waals surface area contributed by atoms with Gasteiger partial charge in [0.05, 0.1) is 0 Å². The van der Waals surface area contributed by atoms with Gasteiger partial charge in [0.15, 0.2) is 11.3 Å². The fourth-order valence-corrected chi connectivity index (χ4v) is 3.59. The highest BCUT2D eigenvalue weighted by atomic mass is 16.5. The van der Waals surface area contributed by atoms with Gasteiger partial charge in [0, 0.05) is 38.3 Å². The van der Waals surface area contributed by atoms with E-state index in [0.29, 0.717) is 47.3 Å². The molecule has 0 atom stereocenters. The lowest BCUT2D eigenvalue weighted by Gasteiger charge is -2.18. The number of carbonyl (C=O) groups is 1. The van der Waals surface area contributed by atoms with E-state index in [1.54, 1.807) is 43.8 Å². The fourth-order valence-electron chi connectivity index (χ4n) is 3.59. The van der Waals surface area contributed by atoms with Crippen molar-refractivity contribution < 1.29 is 23.4 Å². The molecule has 2 aliphatic rings. The number of anilines is 1. The molecular formula is C26H24N4O5. The molecule has 9 heteroatoms. The highest BCUT2D eigenvalue weighted by molar-refractivity contribution is 5.92. The van der Waals surface area contributed by atoms with Crippen molar-refractivity contribution in [2.75, 3.05) is 18.9 Å². The van der Waals surface area contributed by atoms with Gasteiger partial charge in [-0.1, -0.05) is 18.2 Å². The van der Waals surface area contributed by atoms with Crippen LogP contribution in [-0.2, 0) is 9.47 Å². The molecule has 0 fully saturated rings. The number of hydrogen-bond donors (Lipinski definition) is 2. The number of benzene rings is 1. The number of amides is 1. The quantitative estimate of drug-likeness (QED) is 0.462. The average Bonchev–Trinajstić information content (AvgIpc) is 3.31. The third-order valence-electron chi connectivity index (χ3n) is 5.40. The number of fused-ring (bicyclic) bond motifs is 1. The summed E-state index contributed by atoms with van der Waals surface area (Å²) in [6.45, 7) is 0.555. The molecule has 0 spiro atoms. The van der Waals surface area contributed by atoms with Gasteiger partial charge in [-0.2, -0.15) is 4.98 Å². The van der Waals surface area contributed by atoms with E-state index in [-0.39, 0.29) is 11.6 Å². The summed E-state index contributed by atoms with van der Waals surface area (Å²) in [7, 11) is 1.55. The standard InChI is InChI=1S/C26H24N4O5/c1-27-25(31)22-13-19(9-11-28-22)34-18-7-8-21-23(14-18)35-26(30-21)29-12-10-20-15-33-24(16-32-20)17-5-3-2-4-6-17/h2-3,5,7-9,11,13-16H,4,6,10,12H2,1H3,(H,27,31)(H,29,30). The van der Waals surface area contributed by atoms with Crippen molar-refractivity contribution >= 4 is 23.0 Å². The van der Waals surface area contributed by atoms with Gasteiger partial charge < -0.3 is 29.3 Å². The first-order valence-electron chi connectivity index (χ1n) is 11.3. The Morgan fingerprint density at radius 3 is 2.86 bits per heavy atom. The molecule has 0 saturated carbocycles. The molecule has 3 aromatic rings. The summed E-state index contributed by atoms with van der Waals surface area (Å²) in [5.41, 5.74) is 2.67. The van der Waals surface area contributed by atoms with Gasteiger partial charge >= 0.3 is 0 Å². The Labute approximate surface area is 201 Å². The molecule has 0 bridgehead atoms. The Morgan fingerprint density at radius 2 is 2.06 bits per heavy atom. The van der Waals surface area contributed by atoms with E-state index in [0.717, 1.165) is 24.2 Å². The molecule has 1 aromatic carbocycles. The largest absolute Gasteiger partial charge is 0.462 e. The number of oxazole rings is 1. The second-order valence-electron chi connectivity index (χ2n) is 7.84. The van der Waals surface area contributed by atoms with E-state index >= 15 is 0 Å². The van der Waals surface area contributed by atoms with Crippen molar-refractivity contribution in [3.63, 3.8) is 0 Å². The van der Waals surface area contributed by atoms with Crippen LogP contribution in [0.3, 0.4) is 0 Å². The summed E-state index contributed by atoms with van der Waals surface area (Å²) in [6.07, 6.45) is 13.6. The van der Waals surface area contributed by atoms with Gasteiger partial charge in [0.2, 0.25) is 0 Å². The van der Waals surface area contributed by atoms with E-state index < -0.39 is 0 Å². The van der Waals surface area contributed by atoms with E-state index in [1.165, 1.54) is 6.20 Å². The second kappa shape index (κ2) is 10.2. The number of aromatic nitrogens is 2. The normalized spacial score (nSPS) is 14.8. The third kappa shape index (κ3) is 5.35. The van der Waals surface area contributed by atoms with Crippen LogP contribution in [0.25, 0.3) is 11.1 Å². The molecule has 1 amide bonds. The molecule has 35 heavy (non-hydrogen) atoms. The Morgan fingerprint density at radius 1 is 1.14 bits per heavy atom. The fraction of sp³-hybridized carbons (Fsp3) is 0.192. The highest BCUT2D eigenvalue weighted by Crippen LogP contribution is 2.28. The van der Waals surface area contributed by atoms with Crippen molar-refractivity contribution in [1.82, 2.24) is 15.3 Å². The number of ether oxygens (including phenoxy) is 3. The van der Waals surface area contributed by atoms with Crippen LogP contribution in [0.5, 0.6) is 11.5 Å². The number of nitrogens with zero attached hydrogens (tertiary/aromatic N) is 2. The number of pyridine rings is 1. The third-order valence-corrected chi connectivity index (χ3v) is 5.40. The zero-order valence-corrected chi connectivity index (χ0v) is 19.1. The molecule has 1 aliphatic heterocycles.